The number of imidazole rings is 1. The average Bonchev–Trinajstić information content (AvgIpc) is 3.54. The summed E-state index contributed by atoms with van der Waals surface area (Å²) in [6.45, 7) is 3.64. The van der Waals surface area contributed by atoms with E-state index in [0.717, 1.165) is 41.9 Å². The Bertz CT molecular complexity index is 1290. The van der Waals surface area contributed by atoms with Crippen molar-refractivity contribution in [2.45, 2.75) is 38.5 Å². The van der Waals surface area contributed by atoms with Crippen molar-refractivity contribution >= 4 is 11.9 Å². The predicted octanol–water partition coefficient (Wildman–Crippen LogP) is 5.33. The van der Waals surface area contributed by atoms with Crippen molar-refractivity contribution in [3.8, 4) is 16.8 Å². The molecule has 7 nitrogen and oxygen atoms in total. The molecule has 1 aliphatic heterocycles. The van der Waals surface area contributed by atoms with Gasteiger partial charge in [0.15, 0.2) is 0 Å². The minimum atomic E-state index is -0.180. The van der Waals surface area contributed by atoms with Crippen LogP contribution in [0.25, 0.3) is 16.8 Å². The Morgan fingerprint density at radius 2 is 1.78 bits per heavy atom. The summed E-state index contributed by atoms with van der Waals surface area (Å²) in [4.78, 5) is 20.6. The first-order valence-electron chi connectivity index (χ1n) is 12.9. The molecule has 0 radical (unpaired) electrons. The summed E-state index contributed by atoms with van der Waals surface area (Å²) in [5.41, 5.74) is 4.49. The topological polar surface area (TPSA) is 68.0 Å². The van der Waals surface area contributed by atoms with Gasteiger partial charge < -0.3 is 4.90 Å². The maximum atomic E-state index is 13.2. The molecule has 1 aliphatic rings. The van der Waals surface area contributed by atoms with Crippen molar-refractivity contribution in [1.82, 2.24) is 24.2 Å². The van der Waals surface area contributed by atoms with Gasteiger partial charge in [0.2, 0.25) is 5.95 Å². The Kier molecular flexibility index (Phi) is 7.57. The number of hydrogen-bond donors (Lipinski definition) is 1. The minimum Gasteiger partial charge on any atom is -0.303 e. The normalized spacial score (nSPS) is 14.1. The van der Waals surface area contributed by atoms with Crippen LogP contribution in [0.3, 0.4) is 0 Å². The molecule has 0 saturated carbocycles. The van der Waals surface area contributed by atoms with Crippen LogP contribution < -0.4 is 5.32 Å². The minimum absolute atomic E-state index is 0.180. The highest BCUT2D eigenvalue weighted by Crippen LogP contribution is 2.22. The Labute approximate surface area is 212 Å². The maximum Gasteiger partial charge on any atom is 0.258 e. The van der Waals surface area contributed by atoms with E-state index in [1.165, 1.54) is 38.8 Å². The number of likely N-dealkylation sites (tertiary alicyclic amines) is 1. The number of piperidine rings is 1. The number of carbonyl (C=O) groups is 1. The molecule has 2 aromatic carbocycles. The van der Waals surface area contributed by atoms with Gasteiger partial charge >= 0.3 is 0 Å². The summed E-state index contributed by atoms with van der Waals surface area (Å²) in [5, 5.41) is 7.30. The zero-order chi connectivity index (χ0) is 24.7. The standard InChI is InChI=1S/C29H34N6O/c1-33-21-25(20-30-33)23-11-10-12-24(19-23)28(36)32-29-31-26(22-35(29)27-14-4-2-5-15-27)13-6-9-18-34-16-7-3-8-17-34/h2,4-5,10-12,14-15,19-22H,3,6-9,13,16-18H2,1H3,(H,31,32,36). The lowest BCUT2D eigenvalue weighted by atomic mass is 10.1. The fourth-order valence-electron chi connectivity index (χ4n) is 4.83. The van der Waals surface area contributed by atoms with Gasteiger partial charge in [-0.05, 0) is 81.6 Å². The smallest absolute Gasteiger partial charge is 0.258 e. The molecular weight excluding hydrogens is 448 g/mol. The van der Waals surface area contributed by atoms with E-state index in [-0.39, 0.29) is 5.91 Å². The molecule has 0 unspecified atom stereocenters. The van der Waals surface area contributed by atoms with Crippen molar-refractivity contribution in [1.29, 1.82) is 0 Å². The number of carbonyl (C=O) groups excluding carboxylic acids is 1. The lowest BCUT2D eigenvalue weighted by molar-refractivity contribution is 0.102. The number of aromatic nitrogens is 4. The highest BCUT2D eigenvalue weighted by atomic mass is 16.1. The first kappa shape index (κ1) is 24.0. The molecule has 36 heavy (non-hydrogen) atoms. The van der Waals surface area contributed by atoms with E-state index in [1.807, 2.05) is 72.4 Å². The van der Waals surface area contributed by atoms with Crippen molar-refractivity contribution in [2.75, 3.05) is 25.0 Å². The monoisotopic (exact) mass is 482 g/mol. The quantitative estimate of drug-likeness (QED) is 0.327. The molecule has 0 bridgehead atoms. The number of rotatable bonds is 9. The van der Waals surface area contributed by atoms with Gasteiger partial charge in [0.05, 0.1) is 11.9 Å². The molecule has 186 valence electrons. The number of amides is 1. The van der Waals surface area contributed by atoms with Gasteiger partial charge in [-0.15, -0.1) is 0 Å². The van der Waals surface area contributed by atoms with Crippen molar-refractivity contribution in [3.63, 3.8) is 0 Å². The van der Waals surface area contributed by atoms with E-state index >= 15 is 0 Å². The number of anilines is 1. The Morgan fingerprint density at radius 3 is 2.56 bits per heavy atom. The molecular formula is C29H34N6O. The molecule has 0 atom stereocenters. The SMILES string of the molecule is Cn1cc(-c2cccc(C(=O)Nc3nc(CCCCN4CCCCC4)cn3-c3ccccc3)c2)cn1. The van der Waals surface area contributed by atoms with Crippen LogP contribution in [0.15, 0.2) is 73.2 Å². The number of hydrogen-bond acceptors (Lipinski definition) is 4. The third kappa shape index (κ3) is 5.91. The Morgan fingerprint density at radius 1 is 0.944 bits per heavy atom. The van der Waals surface area contributed by atoms with Gasteiger partial charge in [0.1, 0.15) is 0 Å². The third-order valence-corrected chi connectivity index (χ3v) is 6.78. The van der Waals surface area contributed by atoms with E-state index < -0.39 is 0 Å². The highest BCUT2D eigenvalue weighted by Gasteiger charge is 2.15. The van der Waals surface area contributed by atoms with Crippen molar-refractivity contribution in [2.24, 2.45) is 7.05 Å². The molecule has 2 aromatic heterocycles. The van der Waals surface area contributed by atoms with Crippen LogP contribution in [0.5, 0.6) is 0 Å². The number of nitrogens with zero attached hydrogens (tertiary/aromatic N) is 5. The molecule has 5 rings (SSSR count). The third-order valence-electron chi connectivity index (χ3n) is 6.78. The summed E-state index contributed by atoms with van der Waals surface area (Å²) in [6.07, 6.45) is 13.0. The number of nitrogens with one attached hydrogen (secondary N) is 1. The molecule has 1 saturated heterocycles. The second kappa shape index (κ2) is 11.4. The summed E-state index contributed by atoms with van der Waals surface area (Å²) >= 11 is 0. The summed E-state index contributed by atoms with van der Waals surface area (Å²) < 4.78 is 3.73. The van der Waals surface area contributed by atoms with Crippen LogP contribution >= 0.6 is 0 Å². The Hall–Kier alpha value is -3.71. The van der Waals surface area contributed by atoms with E-state index in [4.69, 9.17) is 4.98 Å². The fraction of sp³-hybridized carbons (Fsp3) is 0.345. The zero-order valence-corrected chi connectivity index (χ0v) is 20.9. The molecule has 1 fully saturated rings. The van der Waals surface area contributed by atoms with E-state index in [2.05, 4.69) is 21.5 Å². The van der Waals surface area contributed by atoms with Crippen molar-refractivity contribution < 1.29 is 4.79 Å². The van der Waals surface area contributed by atoms with Crippen LogP contribution in [-0.2, 0) is 13.5 Å². The van der Waals surface area contributed by atoms with Crippen LogP contribution in [0.4, 0.5) is 5.95 Å². The molecule has 0 spiro atoms. The largest absolute Gasteiger partial charge is 0.303 e. The molecule has 1 N–H and O–H groups in total. The first-order chi connectivity index (χ1) is 17.7. The maximum absolute atomic E-state index is 13.2. The Balaban J connectivity index is 1.30. The van der Waals surface area contributed by atoms with E-state index in [1.54, 1.807) is 10.9 Å². The average molecular weight is 483 g/mol. The van der Waals surface area contributed by atoms with Gasteiger partial charge in [-0.1, -0.05) is 36.8 Å². The lowest BCUT2D eigenvalue weighted by Crippen LogP contribution is -2.30. The second-order valence-corrected chi connectivity index (χ2v) is 9.56. The first-order valence-corrected chi connectivity index (χ1v) is 12.9. The fourth-order valence-corrected chi connectivity index (χ4v) is 4.83. The number of unbranched alkanes of at least 4 members (excludes halogenated alkanes) is 1. The number of aryl methyl sites for hydroxylation is 2. The van der Waals surface area contributed by atoms with Crippen molar-refractivity contribution in [3.05, 3.63) is 84.4 Å². The molecule has 4 aromatic rings. The van der Waals surface area contributed by atoms with Gasteiger partial charge in [-0.25, -0.2) is 4.98 Å². The van der Waals surface area contributed by atoms with Gasteiger partial charge in [0.25, 0.3) is 5.91 Å². The molecule has 3 heterocycles. The van der Waals surface area contributed by atoms with E-state index in [9.17, 15) is 4.79 Å². The number of para-hydroxylation sites is 1. The highest BCUT2D eigenvalue weighted by molar-refractivity contribution is 6.04. The van der Waals surface area contributed by atoms with Crippen LogP contribution in [-0.4, -0.2) is 49.8 Å². The van der Waals surface area contributed by atoms with Gasteiger partial charge in [-0.3, -0.25) is 19.4 Å². The van der Waals surface area contributed by atoms with Gasteiger partial charge in [-0.2, -0.15) is 5.10 Å². The number of benzene rings is 2. The molecule has 1 amide bonds. The summed E-state index contributed by atoms with van der Waals surface area (Å²) in [6, 6.07) is 17.6. The summed E-state index contributed by atoms with van der Waals surface area (Å²) in [7, 11) is 1.88. The van der Waals surface area contributed by atoms with Crippen LogP contribution in [0, 0.1) is 0 Å². The van der Waals surface area contributed by atoms with Crippen LogP contribution in [0.2, 0.25) is 0 Å². The summed E-state index contributed by atoms with van der Waals surface area (Å²) in [5.74, 6) is 0.365. The molecule has 7 heteroatoms. The van der Waals surface area contributed by atoms with Gasteiger partial charge in [0, 0.05) is 36.3 Å². The lowest BCUT2D eigenvalue weighted by Gasteiger charge is -2.26. The van der Waals surface area contributed by atoms with Crippen LogP contribution in [0.1, 0.15) is 48.2 Å². The zero-order valence-electron chi connectivity index (χ0n) is 20.9. The second-order valence-electron chi connectivity index (χ2n) is 9.56. The van der Waals surface area contributed by atoms with E-state index in [0.29, 0.717) is 11.5 Å². The predicted molar refractivity (Wildman–Crippen MR) is 143 cm³/mol. The molecule has 0 aliphatic carbocycles.